The summed E-state index contributed by atoms with van der Waals surface area (Å²) in [6, 6.07) is 0. The second-order valence-electron chi connectivity index (χ2n) is 1.89. The van der Waals surface area contributed by atoms with E-state index in [1.165, 1.54) is 0 Å². The summed E-state index contributed by atoms with van der Waals surface area (Å²) < 4.78 is 0. The number of hydrogen-bond donors (Lipinski definition) is 1. The average molecular weight is 147 g/mol. The molecule has 11 heavy (non-hydrogen) atoms. The zero-order chi connectivity index (χ0) is 8.53. The molecule has 0 atom stereocenters. The lowest BCUT2D eigenvalue weighted by molar-refractivity contribution is 0.614. The Balaban J connectivity index is 4.08. The van der Waals surface area contributed by atoms with Crippen molar-refractivity contribution in [2.24, 2.45) is 0 Å². The van der Waals surface area contributed by atoms with E-state index in [0.29, 0.717) is 0 Å². The first-order valence-electron chi connectivity index (χ1n) is 3.44. The molecule has 1 radical (unpaired) electrons. The summed E-state index contributed by atoms with van der Waals surface area (Å²) in [5, 5.41) is 8.35. The first-order chi connectivity index (χ1) is 5.35. The molecule has 0 aliphatic rings. The molecule has 0 fully saturated rings. The standard InChI is InChI=1S/C9H12BO/c1-3-5-6-9(4-2)7-8-10-11/h3-8,11H,1H2,2H3/b6-5-,8-7+,9-4+. The fraction of sp³-hybridized carbons (Fsp3) is 0.111. The molecule has 57 valence electrons. The van der Waals surface area contributed by atoms with Crippen LogP contribution in [0.5, 0.6) is 0 Å². The van der Waals surface area contributed by atoms with E-state index in [9.17, 15) is 0 Å². The van der Waals surface area contributed by atoms with Crippen molar-refractivity contribution in [1.82, 2.24) is 0 Å². The topological polar surface area (TPSA) is 20.2 Å². The summed E-state index contributed by atoms with van der Waals surface area (Å²) in [4.78, 5) is 0. The van der Waals surface area contributed by atoms with Gasteiger partial charge < -0.3 is 5.02 Å². The average Bonchev–Trinajstić information content (AvgIpc) is 2.05. The van der Waals surface area contributed by atoms with Crippen molar-refractivity contribution in [3.05, 3.63) is 48.5 Å². The molecule has 0 rings (SSSR count). The lowest BCUT2D eigenvalue weighted by Crippen LogP contribution is -1.78. The van der Waals surface area contributed by atoms with Crippen molar-refractivity contribution in [3.63, 3.8) is 0 Å². The number of rotatable bonds is 4. The quantitative estimate of drug-likeness (QED) is 0.474. The molecule has 0 unspecified atom stereocenters. The second-order valence-corrected chi connectivity index (χ2v) is 1.89. The molecule has 1 N–H and O–H groups in total. The van der Waals surface area contributed by atoms with Crippen LogP contribution in [0.1, 0.15) is 6.92 Å². The van der Waals surface area contributed by atoms with Gasteiger partial charge in [0.1, 0.15) is 0 Å². The van der Waals surface area contributed by atoms with Gasteiger partial charge in [0.25, 0.3) is 0 Å². The molecule has 0 spiro atoms. The Morgan fingerprint density at radius 3 is 2.64 bits per heavy atom. The van der Waals surface area contributed by atoms with Crippen LogP contribution in [-0.4, -0.2) is 12.5 Å². The fourth-order valence-corrected chi connectivity index (χ4v) is 0.581. The first-order valence-corrected chi connectivity index (χ1v) is 3.44. The Bertz CT molecular complexity index is 190. The van der Waals surface area contributed by atoms with Crippen LogP contribution in [0, 0.1) is 0 Å². The summed E-state index contributed by atoms with van der Waals surface area (Å²) in [6.45, 7) is 5.49. The zero-order valence-electron chi connectivity index (χ0n) is 6.70. The Kier molecular flexibility index (Phi) is 6.44. The van der Waals surface area contributed by atoms with Crippen LogP contribution in [0.25, 0.3) is 0 Å². The Hall–Kier alpha value is -1.02. The van der Waals surface area contributed by atoms with E-state index in [2.05, 4.69) is 6.58 Å². The predicted molar refractivity (Wildman–Crippen MR) is 50.2 cm³/mol. The minimum absolute atomic E-state index is 1.01. The van der Waals surface area contributed by atoms with Crippen molar-refractivity contribution in [2.75, 3.05) is 0 Å². The molecular formula is C9H12BO. The molecule has 0 aromatic carbocycles. The van der Waals surface area contributed by atoms with Crippen molar-refractivity contribution in [2.45, 2.75) is 6.92 Å². The second kappa shape index (κ2) is 7.10. The van der Waals surface area contributed by atoms with Gasteiger partial charge in [-0.25, -0.2) is 0 Å². The normalized spacial score (nSPS) is 12.7. The Morgan fingerprint density at radius 2 is 2.18 bits per heavy atom. The van der Waals surface area contributed by atoms with Gasteiger partial charge in [-0.2, -0.15) is 0 Å². The van der Waals surface area contributed by atoms with Crippen LogP contribution in [0.4, 0.5) is 0 Å². The maximum Gasteiger partial charge on any atom is 0.318 e. The van der Waals surface area contributed by atoms with Crippen LogP contribution in [0.2, 0.25) is 0 Å². The summed E-state index contributed by atoms with van der Waals surface area (Å²) in [7, 11) is 1.01. The molecule has 0 heterocycles. The Morgan fingerprint density at radius 1 is 1.45 bits per heavy atom. The van der Waals surface area contributed by atoms with Crippen LogP contribution < -0.4 is 0 Å². The number of allylic oxidation sites excluding steroid dienone is 6. The molecule has 0 amide bonds. The molecule has 0 bridgehead atoms. The van der Waals surface area contributed by atoms with Crippen LogP contribution in [0.15, 0.2) is 48.5 Å². The highest BCUT2D eigenvalue weighted by Crippen LogP contribution is 1.98. The summed E-state index contributed by atoms with van der Waals surface area (Å²) >= 11 is 0. The molecule has 0 aromatic heterocycles. The minimum Gasteiger partial charge on any atom is -0.450 e. The third-order valence-electron chi connectivity index (χ3n) is 1.13. The van der Waals surface area contributed by atoms with Gasteiger partial charge >= 0.3 is 7.48 Å². The van der Waals surface area contributed by atoms with E-state index < -0.39 is 0 Å². The van der Waals surface area contributed by atoms with E-state index in [1.54, 1.807) is 18.1 Å². The van der Waals surface area contributed by atoms with Crippen molar-refractivity contribution < 1.29 is 5.02 Å². The van der Waals surface area contributed by atoms with E-state index in [4.69, 9.17) is 5.02 Å². The summed E-state index contributed by atoms with van der Waals surface area (Å²) in [6.07, 6.45) is 9.21. The van der Waals surface area contributed by atoms with E-state index in [-0.39, 0.29) is 0 Å². The third kappa shape index (κ3) is 5.43. The van der Waals surface area contributed by atoms with E-state index in [0.717, 1.165) is 13.1 Å². The smallest absolute Gasteiger partial charge is 0.318 e. The van der Waals surface area contributed by atoms with Crippen LogP contribution in [-0.2, 0) is 0 Å². The molecule has 0 saturated heterocycles. The van der Waals surface area contributed by atoms with Gasteiger partial charge in [0.15, 0.2) is 0 Å². The van der Waals surface area contributed by atoms with Gasteiger partial charge in [-0.15, -0.1) is 0 Å². The van der Waals surface area contributed by atoms with Gasteiger partial charge in [-0.05, 0) is 12.5 Å². The molecule has 0 saturated carbocycles. The fourth-order valence-electron chi connectivity index (χ4n) is 0.581. The highest BCUT2D eigenvalue weighted by Gasteiger charge is 1.80. The van der Waals surface area contributed by atoms with Gasteiger partial charge in [0.05, 0.1) is 0 Å². The van der Waals surface area contributed by atoms with Gasteiger partial charge in [-0.3, -0.25) is 0 Å². The minimum atomic E-state index is 1.01. The molecule has 0 aliphatic heterocycles. The molecule has 0 aliphatic carbocycles. The third-order valence-corrected chi connectivity index (χ3v) is 1.13. The van der Waals surface area contributed by atoms with Gasteiger partial charge in [-0.1, -0.05) is 42.9 Å². The van der Waals surface area contributed by atoms with Crippen LogP contribution in [0.3, 0.4) is 0 Å². The predicted octanol–water partition coefficient (Wildman–Crippen LogP) is 1.80. The first kappa shape index (κ1) is 9.98. The van der Waals surface area contributed by atoms with E-state index >= 15 is 0 Å². The maximum absolute atomic E-state index is 8.35. The maximum atomic E-state index is 8.35. The lowest BCUT2D eigenvalue weighted by Gasteiger charge is -1.88. The molecule has 2 heteroatoms. The Labute approximate surface area is 68.7 Å². The van der Waals surface area contributed by atoms with Gasteiger partial charge in [0, 0.05) is 0 Å². The zero-order valence-corrected chi connectivity index (χ0v) is 6.70. The highest BCUT2D eigenvalue weighted by atomic mass is 16.2. The van der Waals surface area contributed by atoms with E-state index in [1.807, 2.05) is 25.2 Å². The van der Waals surface area contributed by atoms with Crippen molar-refractivity contribution in [3.8, 4) is 0 Å². The highest BCUT2D eigenvalue weighted by molar-refractivity contribution is 6.32. The summed E-state index contributed by atoms with van der Waals surface area (Å²) in [5.41, 5.74) is 1.04. The monoisotopic (exact) mass is 147 g/mol. The van der Waals surface area contributed by atoms with Crippen molar-refractivity contribution in [1.29, 1.82) is 0 Å². The number of hydrogen-bond acceptors (Lipinski definition) is 1. The largest absolute Gasteiger partial charge is 0.450 e. The van der Waals surface area contributed by atoms with Gasteiger partial charge in [0.2, 0.25) is 0 Å². The lowest BCUT2D eigenvalue weighted by atomic mass is 10.0. The van der Waals surface area contributed by atoms with Crippen molar-refractivity contribution >= 4 is 7.48 Å². The molecular weight excluding hydrogens is 135 g/mol. The molecule has 0 aromatic rings. The summed E-state index contributed by atoms with van der Waals surface area (Å²) in [5.74, 6) is 1.57. The SMILES string of the molecule is C=C\C=C/C(=C\C)/C=C/[B]O. The van der Waals surface area contributed by atoms with Crippen LogP contribution >= 0.6 is 0 Å². The molecule has 1 nitrogen and oxygen atoms in total.